The lowest BCUT2D eigenvalue weighted by Gasteiger charge is -2.07. The van der Waals surface area contributed by atoms with Gasteiger partial charge in [0.15, 0.2) is 0 Å². The van der Waals surface area contributed by atoms with Gasteiger partial charge in [-0.3, -0.25) is 4.72 Å². The maximum Gasteiger partial charge on any atom is 0.335 e. The van der Waals surface area contributed by atoms with Crippen molar-refractivity contribution < 1.29 is 18.3 Å². The molecule has 2 rings (SSSR count). The summed E-state index contributed by atoms with van der Waals surface area (Å²) in [5, 5.41) is 8.76. The van der Waals surface area contributed by atoms with E-state index in [9.17, 15) is 13.2 Å². The van der Waals surface area contributed by atoms with E-state index in [1.807, 2.05) is 0 Å². The molecule has 0 fully saturated rings. The molecule has 104 valence electrons. The summed E-state index contributed by atoms with van der Waals surface area (Å²) in [6, 6.07) is 10.6. The molecule has 0 bridgehead atoms. The lowest BCUT2D eigenvalue weighted by molar-refractivity contribution is 0.0697. The van der Waals surface area contributed by atoms with Gasteiger partial charge in [-0.15, -0.1) is 0 Å². The van der Waals surface area contributed by atoms with Gasteiger partial charge in [-0.1, -0.05) is 18.2 Å². The molecule has 0 aliphatic rings. The first-order valence-corrected chi connectivity index (χ1v) is 7.35. The van der Waals surface area contributed by atoms with Gasteiger partial charge in [-0.2, -0.15) is 0 Å². The van der Waals surface area contributed by atoms with Crippen molar-refractivity contribution in [2.75, 3.05) is 4.72 Å². The monoisotopic (exact) mass is 292 g/mol. The molecule has 0 amide bonds. The van der Waals surface area contributed by atoms with E-state index in [4.69, 9.17) is 5.11 Å². The molecule has 1 aromatic carbocycles. The Hall–Kier alpha value is -2.41. The number of hydrogen-bond acceptors (Lipinski definition) is 4. The average Bonchev–Trinajstić information content (AvgIpc) is 2.39. The van der Waals surface area contributed by atoms with E-state index in [0.717, 1.165) is 0 Å². The standard InChI is InChI=1S/C13H12N2O4S/c16-13(17)11-6-4-10(5-7-11)9-20(18,19)15-12-3-1-2-8-14-12/h1-8H,9H2,(H,14,15)(H,16,17). The minimum Gasteiger partial charge on any atom is -0.478 e. The Morgan fingerprint density at radius 2 is 1.85 bits per heavy atom. The van der Waals surface area contributed by atoms with Gasteiger partial charge in [0.25, 0.3) is 0 Å². The molecule has 0 aliphatic heterocycles. The Morgan fingerprint density at radius 1 is 1.15 bits per heavy atom. The Morgan fingerprint density at radius 3 is 2.40 bits per heavy atom. The molecule has 1 aromatic heterocycles. The number of hydrogen-bond donors (Lipinski definition) is 2. The summed E-state index contributed by atoms with van der Waals surface area (Å²) in [5.74, 6) is -1.05. The van der Waals surface area contributed by atoms with Crippen molar-refractivity contribution in [2.45, 2.75) is 5.75 Å². The maximum atomic E-state index is 11.9. The average molecular weight is 292 g/mol. The highest BCUT2D eigenvalue weighted by molar-refractivity contribution is 7.91. The molecule has 0 spiro atoms. The molecule has 1 heterocycles. The number of sulfonamides is 1. The van der Waals surface area contributed by atoms with Gasteiger partial charge >= 0.3 is 5.97 Å². The quantitative estimate of drug-likeness (QED) is 0.874. The zero-order valence-electron chi connectivity index (χ0n) is 10.4. The molecular formula is C13H12N2O4S. The molecule has 0 unspecified atom stereocenters. The number of nitrogens with zero attached hydrogens (tertiary/aromatic N) is 1. The summed E-state index contributed by atoms with van der Waals surface area (Å²) >= 11 is 0. The number of carbonyl (C=O) groups is 1. The summed E-state index contributed by atoms with van der Waals surface area (Å²) in [7, 11) is -3.58. The van der Waals surface area contributed by atoms with Crippen molar-refractivity contribution in [3.63, 3.8) is 0 Å². The number of nitrogens with one attached hydrogen (secondary N) is 1. The van der Waals surface area contributed by atoms with E-state index in [1.54, 1.807) is 18.2 Å². The summed E-state index contributed by atoms with van der Waals surface area (Å²) in [6.45, 7) is 0. The largest absolute Gasteiger partial charge is 0.478 e. The Balaban J connectivity index is 2.10. The van der Waals surface area contributed by atoms with Crippen LogP contribution in [0.15, 0.2) is 48.7 Å². The van der Waals surface area contributed by atoms with Crippen LogP contribution in [0.25, 0.3) is 0 Å². The van der Waals surface area contributed by atoms with Gasteiger partial charge in [0.1, 0.15) is 5.82 Å². The van der Waals surface area contributed by atoms with E-state index in [1.165, 1.54) is 30.5 Å². The second-order valence-electron chi connectivity index (χ2n) is 4.08. The predicted molar refractivity (Wildman–Crippen MR) is 73.9 cm³/mol. The first kappa shape index (κ1) is 14.0. The third kappa shape index (κ3) is 3.79. The van der Waals surface area contributed by atoms with Crippen molar-refractivity contribution >= 4 is 21.8 Å². The van der Waals surface area contributed by atoms with E-state index in [0.29, 0.717) is 5.56 Å². The zero-order valence-corrected chi connectivity index (χ0v) is 11.2. The number of rotatable bonds is 5. The number of carboxylic acid groups (broad SMARTS) is 1. The number of carboxylic acids is 1. The molecule has 0 saturated carbocycles. The summed E-state index contributed by atoms with van der Waals surface area (Å²) in [5.41, 5.74) is 0.613. The molecule has 2 aromatic rings. The number of aromatic carboxylic acids is 1. The third-order valence-electron chi connectivity index (χ3n) is 2.48. The van der Waals surface area contributed by atoms with Crippen LogP contribution >= 0.6 is 0 Å². The molecule has 0 aliphatic carbocycles. The fraction of sp³-hybridized carbons (Fsp3) is 0.0769. The van der Waals surface area contributed by atoms with Crippen LogP contribution in [0.2, 0.25) is 0 Å². The number of pyridine rings is 1. The predicted octanol–water partition coefficient (Wildman–Crippen LogP) is 1.72. The van der Waals surface area contributed by atoms with Crippen LogP contribution in [-0.4, -0.2) is 24.5 Å². The normalized spacial score (nSPS) is 11.0. The van der Waals surface area contributed by atoms with E-state index >= 15 is 0 Å². The van der Waals surface area contributed by atoms with Gasteiger partial charge in [-0.05, 0) is 29.8 Å². The summed E-state index contributed by atoms with van der Waals surface area (Å²) in [4.78, 5) is 14.6. The van der Waals surface area contributed by atoms with Crippen LogP contribution in [0.5, 0.6) is 0 Å². The lowest BCUT2D eigenvalue weighted by Crippen LogP contribution is -2.15. The zero-order chi connectivity index (χ0) is 14.6. The van der Waals surface area contributed by atoms with Crippen LogP contribution in [0, 0.1) is 0 Å². The van der Waals surface area contributed by atoms with Crippen LogP contribution in [-0.2, 0) is 15.8 Å². The van der Waals surface area contributed by atoms with E-state index < -0.39 is 16.0 Å². The fourth-order valence-corrected chi connectivity index (χ4v) is 2.72. The minimum atomic E-state index is -3.58. The third-order valence-corrected chi connectivity index (χ3v) is 3.72. The van der Waals surface area contributed by atoms with Gasteiger partial charge in [0.05, 0.1) is 11.3 Å². The molecule has 0 saturated heterocycles. The molecule has 20 heavy (non-hydrogen) atoms. The lowest BCUT2D eigenvalue weighted by atomic mass is 10.1. The minimum absolute atomic E-state index is 0.115. The number of benzene rings is 1. The first-order valence-electron chi connectivity index (χ1n) is 5.70. The molecule has 0 atom stereocenters. The highest BCUT2D eigenvalue weighted by Gasteiger charge is 2.12. The molecular weight excluding hydrogens is 280 g/mol. The first-order chi connectivity index (χ1) is 9.46. The van der Waals surface area contributed by atoms with Gasteiger partial charge in [0.2, 0.25) is 10.0 Å². The van der Waals surface area contributed by atoms with Gasteiger partial charge < -0.3 is 5.11 Å². The number of anilines is 1. The Bertz CT molecular complexity index is 697. The van der Waals surface area contributed by atoms with Gasteiger partial charge in [0, 0.05) is 6.20 Å². The second-order valence-corrected chi connectivity index (χ2v) is 5.80. The maximum absolute atomic E-state index is 11.9. The van der Waals surface area contributed by atoms with Crippen molar-refractivity contribution in [1.82, 2.24) is 4.98 Å². The Labute approximate surface area is 116 Å². The molecule has 2 N–H and O–H groups in total. The summed E-state index contributed by atoms with van der Waals surface area (Å²) in [6.07, 6.45) is 1.49. The van der Waals surface area contributed by atoms with Crippen molar-refractivity contribution in [3.8, 4) is 0 Å². The molecule has 6 nitrogen and oxygen atoms in total. The second kappa shape index (κ2) is 5.70. The van der Waals surface area contributed by atoms with Gasteiger partial charge in [-0.25, -0.2) is 18.2 Å². The molecule has 7 heteroatoms. The van der Waals surface area contributed by atoms with Crippen LogP contribution < -0.4 is 4.72 Å². The van der Waals surface area contributed by atoms with Crippen molar-refractivity contribution in [2.24, 2.45) is 0 Å². The van der Waals surface area contributed by atoms with E-state index in [-0.39, 0.29) is 17.1 Å². The summed E-state index contributed by atoms with van der Waals surface area (Å²) < 4.78 is 26.2. The Kier molecular flexibility index (Phi) is 3.99. The van der Waals surface area contributed by atoms with Crippen LogP contribution in [0.4, 0.5) is 5.82 Å². The van der Waals surface area contributed by atoms with Crippen molar-refractivity contribution in [1.29, 1.82) is 0 Å². The highest BCUT2D eigenvalue weighted by atomic mass is 32.2. The number of aromatic nitrogens is 1. The fourth-order valence-electron chi connectivity index (χ4n) is 1.58. The molecule has 0 radical (unpaired) electrons. The van der Waals surface area contributed by atoms with Crippen LogP contribution in [0.1, 0.15) is 15.9 Å². The smallest absolute Gasteiger partial charge is 0.335 e. The van der Waals surface area contributed by atoms with Crippen molar-refractivity contribution in [3.05, 3.63) is 59.8 Å². The topological polar surface area (TPSA) is 96.4 Å². The highest BCUT2D eigenvalue weighted by Crippen LogP contribution is 2.11. The SMILES string of the molecule is O=C(O)c1ccc(CS(=O)(=O)Nc2ccccn2)cc1. The van der Waals surface area contributed by atoms with E-state index in [2.05, 4.69) is 9.71 Å². The van der Waals surface area contributed by atoms with Crippen LogP contribution in [0.3, 0.4) is 0 Å².